The highest BCUT2D eigenvalue weighted by molar-refractivity contribution is 14.0. The molecule has 8 heteroatoms. The first-order chi connectivity index (χ1) is 14.2. The minimum absolute atomic E-state index is 0. The van der Waals surface area contributed by atoms with Crippen molar-refractivity contribution in [1.82, 2.24) is 15.5 Å². The SMILES string of the molecule is CCNC(=NCc1ccc(F)cc1)NCC(c1cccc(F)c1)N1CCOCC1.I. The maximum atomic E-state index is 13.8. The predicted octanol–water partition coefficient (Wildman–Crippen LogP) is 3.71. The van der Waals surface area contributed by atoms with Crippen LogP contribution in [0.5, 0.6) is 0 Å². The van der Waals surface area contributed by atoms with Crippen molar-refractivity contribution in [3.63, 3.8) is 0 Å². The molecule has 0 spiro atoms. The van der Waals surface area contributed by atoms with Crippen LogP contribution in [0.1, 0.15) is 24.1 Å². The number of morpholine rings is 1. The molecule has 1 saturated heterocycles. The monoisotopic (exact) mass is 530 g/mol. The van der Waals surface area contributed by atoms with Crippen LogP contribution in [0, 0.1) is 11.6 Å². The summed E-state index contributed by atoms with van der Waals surface area (Å²) in [5, 5.41) is 6.61. The van der Waals surface area contributed by atoms with E-state index in [0.717, 1.165) is 30.8 Å². The number of aliphatic imine (C=N–C) groups is 1. The van der Waals surface area contributed by atoms with Crippen LogP contribution < -0.4 is 10.6 Å². The van der Waals surface area contributed by atoms with Crippen LogP contribution in [0.15, 0.2) is 53.5 Å². The number of hydrogen-bond acceptors (Lipinski definition) is 3. The molecule has 0 amide bonds. The summed E-state index contributed by atoms with van der Waals surface area (Å²) in [5.41, 5.74) is 1.85. The predicted molar refractivity (Wildman–Crippen MR) is 126 cm³/mol. The van der Waals surface area contributed by atoms with E-state index in [1.54, 1.807) is 24.3 Å². The molecule has 1 heterocycles. The zero-order valence-electron chi connectivity index (χ0n) is 17.1. The largest absolute Gasteiger partial charge is 0.379 e. The first-order valence-corrected chi connectivity index (χ1v) is 9.99. The van der Waals surface area contributed by atoms with Gasteiger partial charge in [-0.1, -0.05) is 24.3 Å². The van der Waals surface area contributed by atoms with Crippen molar-refractivity contribution < 1.29 is 13.5 Å². The van der Waals surface area contributed by atoms with E-state index < -0.39 is 0 Å². The molecule has 2 aromatic rings. The molecule has 1 aliphatic rings. The van der Waals surface area contributed by atoms with Gasteiger partial charge in [-0.2, -0.15) is 0 Å². The average Bonchev–Trinajstić information content (AvgIpc) is 2.74. The number of halogens is 3. The second-order valence-electron chi connectivity index (χ2n) is 6.92. The molecule has 1 atom stereocenters. The van der Waals surface area contributed by atoms with E-state index in [9.17, 15) is 8.78 Å². The minimum atomic E-state index is -0.258. The highest BCUT2D eigenvalue weighted by Crippen LogP contribution is 2.22. The molecule has 2 N–H and O–H groups in total. The van der Waals surface area contributed by atoms with Gasteiger partial charge in [-0.05, 0) is 42.3 Å². The number of hydrogen-bond donors (Lipinski definition) is 2. The number of ether oxygens (including phenoxy) is 1. The highest BCUT2D eigenvalue weighted by Gasteiger charge is 2.23. The minimum Gasteiger partial charge on any atom is -0.379 e. The summed E-state index contributed by atoms with van der Waals surface area (Å²) in [4.78, 5) is 6.90. The highest BCUT2D eigenvalue weighted by atomic mass is 127. The summed E-state index contributed by atoms with van der Waals surface area (Å²) in [6, 6.07) is 13.1. The summed E-state index contributed by atoms with van der Waals surface area (Å²) in [6.45, 7) is 6.68. The van der Waals surface area contributed by atoms with Crippen molar-refractivity contribution in [2.75, 3.05) is 39.4 Å². The molecule has 164 valence electrons. The fourth-order valence-corrected chi connectivity index (χ4v) is 3.36. The lowest BCUT2D eigenvalue weighted by Crippen LogP contribution is -2.46. The van der Waals surface area contributed by atoms with Gasteiger partial charge in [-0.25, -0.2) is 13.8 Å². The first kappa shape index (κ1) is 24.5. The molecule has 0 saturated carbocycles. The van der Waals surface area contributed by atoms with Gasteiger partial charge in [0.15, 0.2) is 5.96 Å². The van der Waals surface area contributed by atoms with E-state index in [-0.39, 0.29) is 41.7 Å². The van der Waals surface area contributed by atoms with Crippen LogP contribution in [-0.4, -0.2) is 50.3 Å². The van der Waals surface area contributed by atoms with Crippen molar-refractivity contribution in [3.8, 4) is 0 Å². The second-order valence-corrected chi connectivity index (χ2v) is 6.92. The van der Waals surface area contributed by atoms with E-state index in [1.165, 1.54) is 18.2 Å². The van der Waals surface area contributed by atoms with Crippen molar-refractivity contribution in [3.05, 3.63) is 71.3 Å². The van der Waals surface area contributed by atoms with Crippen molar-refractivity contribution >= 4 is 29.9 Å². The number of rotatable bonds is 7. The summed E-state index contributed by atoms with van der Waals surface area (Å²) < 4.78 is 32.4. The lowest BCUT2D eigenvalue weighted by Gasteiger charge is -2.35. The van der Waals surface area contributed by atoms with Gasteiger partial charge in [0.05, 0.1) is 25.8 Å². The number of nitrogens with one attached hydrogen (secondary N) is 2. The molecule has 30 heavy (non-hydrogen) atoms. The molecule has 0 radical (unpaired) electrons. The average molecular weight is 530 g/mol. The Balaban J connectivity index is 0.00000320. The van der Waals surface area contributed by atoms with Gasteiger partial charge in [0.25, 0.3) is 0 Å². The quantitative estimate of drug-likeness (QED) is 0.326. The van der Waals surface area contributed by atoms with Gasteiger partial charge >= 0.3 is 0 Å². The maximum Gasteiger partial charge on any atom is 0.191 e. The van der Waals surface area contributed by atoms with E-state index in [2.05, 4.69) is 20.5 Å². The summed E-state index contributed by atoms with van der Waals surface area (Å²) in [6.07, 6.45) is 0. The van der Waals surface area contributed by atoms with Crippen LogP contribution in [0.3, 0.4) is 0 Å². The third-order valence-electron chi connectivity index (χ3n) is 4.86. The van der Waals surface area contributed by atoms with E-state index in [4.69, 9.17) is 4.74 Å². The molecular weight excluding hydrogens is 501 g/mol. The molecule has 3 rings (SSSR count). The Labute approximate surface area is 193 Å². The Morgan fingerprint density at radius 2 is 1.80 bits per heavy atom. The number of guanidine groups is 1. The summed E-state index contributed by atoms with van der Waals surface area (Å²) in [5.74, 6) is 0.176. The summed E-state index contributed by atoms with van der Waals surface area (Å²) >= 11 is 0. The smallest absolute Gasteiger partial charge is 0.191 e. The molecule has 1 aliphatic heterocycles. The molecule has 1 fully saturated rings. The summed E-state index contributed by atoms with van der Waals surface area (Å²) in [7, 11) is 0. The Morgan fingerprint density at radius 1 is 1.07 bits per heavy atom. The van der Waals surface area contributed by atoms with E-state index in [0.29, 0.717) is 32.3 Å². The number of nitrogens with zero attached hydrogens (tertiary/aromatic N) is 2. The van der Waals surface area contributed by atoms with Crippen molar-refractivity contribution in [2.24, 2.45) is 4.99 Å². The normalized spacial score (nSPS) is 15.9. The molecule has 0 bridgehead atoms. The second kappa shape index (κ2) is 12.8. The lowest BCUT2D eigenvalue weighted by atomic mass is 10.0. The topological polar surface area (TPSA) is 48.9 Å². The van der Waals surface area contributed by atoms with Crippen LogP contribution in [0.25, 0.3) is 0 Å². The Morgan fingerprint density at radius 3 is 2.47 bits per heavy atom. The standard InChI is InChI=1S/C22H28F2N4O.HI/c1-2-25-22(26-15-17-6-8-19(23)9-7-17)27-16-21(28-10-12-29-13-11-28)18-4-3-5-20(24)14-18;/h3-9,14,21H,2,10-13,15-16H2,1H3,(H2,25,26,27);1H. The van der Waals surface area contributed by atoms with Crippen molar-refractivity contribution in [2.45, 2.75) is 19.5 Å². The van der Waals surface area contributed by atoms with Gasteiger partial charge in [0.2, 0.25) is 0 Å². The van der Waals surface area contributed by atoms with E-state index in [1.807, 2.05) is 13.0 Å². The molecule has 1 unspecified atom stereocenters. The van der Waals surface area contributed by atoms with Gasteiger partial charge < -0.3 is 15.4 Å². The first-order valence-electron chi connectivity index (χ1n) is 9.99. The number of benzene rings is 2. The van der Waals surface area contributed by atoms with Crippen LogP contribution in [-0.2, 0) is 11.3 Å². The molecule has 0 aromatic heterocycles. The Bertz CT molecular complexity index is 798. The zero-order chi connectivity index (χ0) is 20.5. The van der Waals surface area contributed by atoms with Crippen molar-refractivity contribution in [1.29, 1.82) is 0 Å². The maximum absolute atomic E-state index is 13.8. The lowest BCUT2D eigenvalue weighted by molar-refractivity contribution is 0.0169. The molecule has 2 aromatic carbocycles. The van der Waals surface area contributed by atoms with E-state index >= 15 is 0 Å². The van der Waals surface area contributed by atoms with Gasteiger partial charge in [0, 0.05) is 26.2 Å². The fraction of sp³-hybridized carbons (Fsp3) is 0.409. The third kappa shape index (κ3) is 7.48. The van der Waals surface area contributed by atoms with Crippen LogP contribution in [0.4, 0.5) is 8.78 Å². The van der Waals surface area contributed by atoms with Gasteiger partial charge in [0.1, 0.15) is 11.6 Å². The van der Waals surface area contributed by atoms with Crippen LogP contribution in [0.2, 0.25) is 0 Å². The van der Waals surface area contributed by atoms with Crippen LogP contribution >= 0.6 is 24.0 Å². The Hall–Kier alpha value is -1.78. The zero-order valence-corrected chi connectivity index (χ0v) is 19.4. The Kier molecular flexibility index (Phi) is 10.5. The molecular formula is C22H29F2IN4O. The van der Waals surface area contributed by atoms with Gasteiger partial charge in [-0.3, -0.25) is 4.90 Å². The molecule has 5 nitrogen and oxygen atoms in total. The van der Waals surface area contributed by atoms with Gasteiger partial charge in [-0.15, -0.1) is 24.0 Å². The third-order valence-corrected chi connectivity index (χ3v) is 4.86. The fourth-order valence-electron chi connectivity index (χ4n) is 3.36. The molecule has 0 aliphatic carbocycles.